The van der Waals surface area contributed by atoms with Gasteiger partial charge < -0.3 is 23.9 Å². The molecule has 1 aliphatic heterocycles. The Morgan fingerprint density at radius 3 is 2.62 bits per heavy atom. The highest BCUT2D eigenvalue weighted by Gasteiger charge is 2.34. The van der Waals surface area contributed by atoms with Gasteiger partial charge in [0, 0.05) is 36.9 Å². The van der Waals surface area contributed by atoms with Gasteiger partial charge in [-0.1, -0.05) is 24.6 Å². The normalized spacial score (nSPS) is 18.1. The molecule has 0 radical (unpaired) electrons. The number of likely N-dealkylation sites (tertiary alicyclic amines) is 1. The van der Waals surface area contributed by atoms with Crippen LogP contribution < -0.4 is 14.2 Å². The van der Waals surface area contributed by atoms with Gasteiger partial charge in [-0.15, -0.1) is 0 Å². The van der Waals surface area contributed by atoms with Crippen molar-refractivity contribution in [2.24, 2.45) is 0 Å². The van der Waals surface area contributed by atoms with E-state index in [4.69, 9.17) is 25.8 Å². The van der Waals surface area contributed by atoms with Crippen molar-refractivity contribution in [2.75, 3.05) is 33.4 Å². The summed E-state index contributed by atoms with van der Waals surface area (Å²) >= 11 is 6.28. The molecule has 0 spiro atoms. The fraction of sp³-hybridized carbons (Fsp3) is 0.483. The molecule has 1 fully saturated rings. The second kappa shape index (κ2) is 12.2. The van der Waals surface area contributed by atoms with Crippen molar-refractivity contribution >= 4 is 11.6 Å². The van der Waals surface area contributed by atoms with E-state index in [1.165, 1.54) is 0 Å². The van der Waals surface area contributed by atoms with Crippen LogP contribution in [0.5, 0.6) is 17.2 Å². The summed E-state index contributed by atoms with van der Waals surface area (Å²) in [6.07, 6.45) is 6.30. The molecule has 1 saturated heterocycles. The van der Waals surface area contributed by atoms with E-state index in [0.717, 1.165) is 65.0 Å². The van der Waals surface area contributed by atoms with Gasteiger partial charge in [0.15, 0.2) is 11.5 Å². The molecule has 0 bridgehead atoms. The monoisotopic (exact) mass is 527 g/mol. The smallest absolute Gasteiger partial charge is 0.161 e. The fourth-order valence-corrected chi connectivity index (χ4v) is 5.08. The Morgan fingerprint density at radius 2 is 1.89 bits per heavy atom. The zero-order chi connectivity index (χ0) is 26.4. The van der Waals surface area contributed by atoms with Crippen LogP contribution in [-0.2, 0) is 19.5 Å². The standard InChI is InChI=1S/C29H38ClN3O4/c1-5-27-31-10-12-33(27)13-14-36-26-17-23(7-8-25(26)35-4)18-32-11-6-9-29(34,19-32)20-37-24-15-21(2)28(30)22(3)16-24/h7-8,10,12,15-17,34H,5-6,9,11,13-14,18-20H2,1-4H3/t29-/m1/s1. The number of aliphatic hydroxyl groups is 1. The first-order valence-corrected chi connectivity index (χ1v) is 13.3. The molecular weight excluding hydrogens is 490 g/mol. The lowest BCUT2D eigenvalue weighted by molar-refractivity contribution is -0.0621. The zero-order valence-corrected chi connectivity index (χ0v) is 23.1. The van der Waals surface area contributed by atoms with Gasteiger partial charge in [0.25, 0.3) is 0 Å². The molecule has 0 aliphatic carbocycles. The van der Waals surface area contributed by atoms with Gasteiger partial charge >= 0.3 is 0 Å². The minimum Gasteiger partial charge on any atom is -0.493 e. The summed E-state index contributed by atoms with van der Waals surface area (Å²) in [6.45, 7) is 9.69. The van der Waals surface area contributed by atoms with Crippen LogP contribution in [0.3, 0.4) is 0 Å². The molecule has 1 aromatic heterocycles. The molecule has 7 nitrogen and oxygen atoms in total. The molecule has 8 heteroatoms. The predicted octanol–water partition coefficient (Wildman–Crippen LogP) is 5.21. The summed E-state index contributed by atoms with van der Waals surface area (Å²) in [5.41, 5.74) is 2.15. The first kappa shape index (κ1) is 27.3. The zero-order valence-electron chi connectivity index (χ0n) is 22.3. The number of methoxy groups -OCH3 is 1. The molecule has 2 aromatic carbocycles. The second-order valence-electron chi connectivity index (χ2n) is 9.92. The molecule has 0 saturated carbocycles. The average Bonchev–Trinajstić information content (AvgIpc) is 3.34. The molecule has 37 heavy (non-hydrogen) atoms. The van der Waals surface area contributed by atoms with Crippen LogP contribution in [0.25, 0.3) is 0 Å². The van der Waals surface area contributed by atoms with Gasteiger partial charge in [-0.25, -0.2) is 4.98 Å². The highest BCUT2D eigenvalue weighted by atomic mass is 35.5. The van der Waals surface area contributed by atoms with Crippen molar-refractivity contribution in [2.45, 2.75) is 58.7 Å². The number of ether oxygens (including phenoxy) is 3. The van der Waals surface area contributed by atoms with Crippen molar-refractivity contribution in [1.29, 1.82) is 0 Å². The SMILES string of the molecule is CCc1nccn1CCOc1cc(CN2CCC[C@](O)(COc3cc(C)c(Cl)c(C)c3)C2)ccc1OC. The number of hydrogen-bond acceptors (Lipinski definition) is 6. The van der Waals surface area contributed by atoms with Crippen LogP contribution in [0.4, 0.5) is 0 Å². The molecule has 3 aromatic rings. The molecule has 1 N–H and O–H groups in total. The van der Waals surface area contributed by atoms with Crippen molar-refractivity contribution < 1.29 is 19.3 Å². The number of imidazole rings is 1. The van der Waals surface area contributed by atoms with E-state index < -0.39 is 5.60 Å². The molecule has 2 heterocycles. The quantitative estimate of drug-likeness (QED) is 0.369. The fourth-order valence-electron chi connectivity index (χ4n) is 4.97. The highest BCUT2D eigenvalue weighted by molar-refractivity contribution is 6.32. The number of benzene rings is 2. The van der Waals surface area contributed by atoms with Crippen LogP contribution in [0.15, 0.2) is 42.7 Å². The minimum absolute atomic E-state index is 0.245. The minimum atomic E-state index is -0.909. The maximum Gasteiger partial charge on any atom is 0.161 e. The van der Waals surface area contributed by atoms with Crippen molar-refractivity contribution in [3.8, 4) is 17.2 Å². The lowest BCUT2D eigenvalue weighted by Crippen LogP contribution is -2.51. The predicted molar refractivity (Wildman–Crippen MR) is 146 cm³/mol. The number of hydrogen-bond donors (Lipinski definition) is 1. The Balaban J connectivity index is 1.36. The van der Waals surface area contributed by atoms with Crippen LogP contribution in [-0.4, -0.2) is 58.6 Å². The summed E-state index contributed by atoms with van der Waals surface area (Å²) < 4.78 is 19.8. The number of rotatable bonds is 11. The summed E-state index contributed by atoms with van der Waals surface area (Å²) in [4.78, 5) is 6.64. The Hall–Kier alpha value is -2.74. The first-order chi connectivity index (χ1) is 17.8. The Kier molecular flexibility index (Phi) is 9.00. The summed E-state index contributed by atoms with van der Waals surface area (Å²) in [5, 5.41) is 12.1. The lowest BCUT2D eigenvalue weighted by Gasteiger charge is -2.39. The second-order valence-corrected chi connectivity index (χ2v) is 10.3. The number of piperidine rings is 1. The van der Waals surface area contributed by atoms with E-state index >= 15 is 0 Å². The summed E-state index contributed by atoms with van der Waals surface area (Å²) in [5.74, 6) is 3.22. The molecular formula is C29H38ClN3O4. The summed E-state index contributed by atoms with van der Waals surface area (Å²) in [6, 6.07) is 9.89. The van der Waals surface area contributed by atoms with E-state index in [-0.39, 0.29) is 6.61 Å². The Bertz CT molecular complexity index is 1170. The highest BCUT2D eigenvalue weighted by Crippen LogP contribution is 2.31. The van der Waals surface area contributed by atoms with Crippen LogP contribution in [0, 0.1) is 13.8 Å². The molecule has 0 unspecified atom stereocenters. The number of β-amino-alcohol motifs (C(OH)–C–C–N with tert-alkyl or cyclic N) is 1. The van der Waals surface area contributed by atoms with Crippen molar-refractivity contribution in [3.05, 3.63) is 70.3 Å². The number of aromatic nitrogens is 2. The first-order valence-electron chi connectivity index (χ1n) is 12.9. The Morgan fingerprint density at radius 1 is 1.11 bits per heavy atom. The maximum absolute atomic E-state index is 11.3. The third kappa shape index (κ3) is 6.98. The van der Waals surface area contributed by atoms with Crippen LogP contribution in [0.2, 0.25) is 5.02 Å². The van der Waals surface area contributed by atoms with E-state index in [1.54, 1.807) is 7.11 Å². The molecule has 0 amide bonds. The maximum atomic E-state index is 11.3. The topological polar surface area (TPSA) is 69.0 Å². The molecule has 200 valence electrons. The van der Waals surface area contributed by atoms with E-state index in [9.17, 15) is 5.11 Å². The Labute approximate surface area is 224 Å². The average molecular weight is 528 g/mol. The van der Waals surface area contributed by atoms with E-state index in [1.807, 2.05) is 50.5 Å². The third-order valence-corrected chi connectivity index (χ3v) is 7.49. The van der Waals surface area contributed by atoms with Gasteiger partial charge in [-0.05, 0) is 74.2 Å². The molecule has 4 rings (SSSR count). The van der Waals surface area contributed by atoms with Gasteiger partial charge in [-0.2, -0.15) is 0 Å². The van der Waals surface area contributed by atoms with E-state index in [0.29, 0.717) is 31.9 Å². The molecule has 1 atom stereocenters. The van der Waals surface area contributed by atoms with Gasteiger partial charge in [-0.3, -0.25) is 4.90 Å². The lowest BCUT2D eigenvalue weighted by atomic mass is 9.93. The number of aryl methyl sites for hydroxylation is 3. The third-order valence-electron chi connectivity index (χ3n) is 6.89. The van der Waals surface area contributed by atoms with Gasteiger partial charge in [0.05, 0.1) is 13.7 Å². The number of halogens is 1. The van der Waals surface area contributed by atoms with Crippen LogP contribution >= 0.6 is 11.6 Å². The number of nitrogens with zero attached hydrogens (tertiary/aromatic N) is 3. The van der Waals surface area contributed by atoms with E-state index in [2.05, 4.69) is 27.4 Å². The van der Waals surface area contributed by atoms with Crippen molar-refractivity contribution in [1.82, 2.24) is 14.5 Å². The summed E-state index contributed by atoms with van der Waals surface area (Å²) in [7, 11) is 1.65. The largest absolute Gasteiger partial charge is 0.493 e. The molecule has 1 aliphatic rings. The van der Waals surface area contributed by atoms with Crippen molar-refractivity contribution in [3.63, 3.8) is 0 Å². The van der Waals surface area contributed by atoms with Crippen LogP contribution in [0.1, 0.15) is 42.3 Å². The van der Waals surface area contributed by atoms with Gasteiger partial charge in [0.1, 0.15) is 30.4 Å². The van der Waals surface area contributed by atoms with Gasteiger partial charge in [0.2, 0.25) is 0 Å².